The molecule has 1 aromatic heterocycles. The molecule has 1 aliphatic heterocycles. The molecule has 2 heterocycles. The van der Waals surface area contributed by atoms with E-state index in [1.54, 1.807) is 23.5 Å². The first-order valence-electron chi connectivity index (χ1n) is 10.1. The number of halogens is 1. The van der Waals surface area contributed by atoms with Gasteiger partial charge in [0.15, 0.2) is 0 Å². The summed E-state index contributed by atoms with van der Waals surface area (Å²) in [7, 11) is 0. The van der Waals surface area contributed by atoms with E-state index in [1.807, 2.05) is 37.3 Å². The van der Waals surface area contributed by atoms with Gasteiger partial charge >= 0.3 is 0 Å². The van der Waals surface area contributed by atoms with Crippen LogP contribution in [0.1, 0.15) is 27.7 Å². The first kappa shape index (κ1) is 22.1. The minimum absolute atomic E-state index is 0.263. The minimum Gasteiger partial charge on any atom is -0.394 e. The van der Waals surface area contributed by atoms with Gasteiger partial charge in [0.1, 0.15) is 36.3 Å². The molecule has 0 aliphatic carbocycles. The van der Waals surface area contributed by atoms with Crippen molar-refractivity contribution < 1.29 is 29.6 Å². The largest absolute Gasteiger partial charge is 0.394 e. The molecule has 4 rings (SSSR count). The lowest BCUT2D eigenvalue weighted by Gasteiger charge is -2.40. The summed E-state index contributed by atoms with van der Waals surface area (Å²) in [5, 5.41) is 40.0. The van der Waals surface area contributed by atoms with Gasteiger partial charge in [0.05, 0.1) is 6.61 Å². The molecule has 0 spiro atoms. The number of aliphatic hydroxyl groups is 4. The number of ether oxygens (including phenoxy) is 1. The van der Waals surface area contributed by atoms with E-state index in [4.69, 9.17) is 4.74 Å². The molecule has 0 bridgehead atoms. The van der Waals surface area contributed by atoms with E-state index >= 15 is 0 Å². The Morgan fingerprint density at radius 1 is 0.935 bits per heavy atom. The predicted molar refractivity (Wildman–Crippen MR) is 116 cm³/mol. The molecule has 5 atom stereocenters. The second-order valence-electron chi connectivity index (χ2n) is 7.89. The third-order valence-electron chi connectivity index (χ3n) is 5.75. The standard InChI is InChI=1S/C24H25FO5S/c1-13-2-3-15(24-23(29)22(28)21(27)19(12-26)30-24)10-16(13)11-18-8-9-20(31-18)14-4-6-17(25)7-5-14/h2-10,19,21-24,26-29H,11-12H2,1H3/t19-,21-,22+,23-,24?/m1/s1. The van der Waals surface area contributed by atoms with Crippen LogP contribution in [-0.2, 0) is 11.2 Å². The van der Waals surface area contributed by atoms with Crippen molar-refractivity contribution in [1.29, 1.82) is 0 Å². The van der Waals surface area contributed by atoms with Crippen LogP contribution in [0.2, 0.25) is 0 Å². The highest BCUT2D eigenvalue weighted by Gasteiger charge is 2.43. The van der Waals surface area contributed by atoms with Gasteiger partial charge in [-0.2, -0.15) is 0 Å². The maximum atomic E-state index is 13.2. The first-order chi connectivity index (χ1) is 14.9. The van der Waals surface area contributed by atoms with Gasteiger partial charge in [0.2, 0.25) is 0 Å². The van der Waals surface area contributed by atoms with Crippen molar-refractivity contribution in [3.05, 3.63) is 82.0 Å². The van der Waals surface area contributed by atoms with Crippen molar-refractivity contribution in [2.45, 2.75) is 43.9 Å². The molecular formula is C24H25FO5S. The van der Waals surface area contributed by atoms with Crippen molar-refractivity contribution in [3.8, 4) is 10.4 Å². The minimum atomic E-state index is -1.41. The summed E-state index contributed by atoms with van der Waals surface area (Å²) in [5.74, 6) is -0.263. The molecule has 1 aliphatic rings. The average Bonchev–Trinajstić information content (AvgIpc) is 3.23. The summed E-state index contributed by atoms with van der Waals surface area (Å²) < 4.78 is 18.9. The lowest BCUT2D eigenvalue weighted by Crippen LogP contribution is -2.55. The number of hydrogen-bond acceptors (Lipinski definition) is 6. The SMILES string of the molecule is Cc1ccc(C2O[C@H](CO)[C@@H](O)[C@H](O)[C@H]2O)cc1Cc1ccc(-c2ccc(F)cc2)s1. The van der Waals surface area contributed by atoms with Gasteiger partial charge in [-0.15, -0.1) is 11.3 Å². The predicted octanol–water partition coefficient (Wildman–Crippen LogP) is 2.97. The maximum absolute atomic E-state index is 13.2. The second-order valence-corrected chi connectivity index (χ2v) is 9.05. The fourth-order valence-corrected chi connectivity index (χ4v) is 4.90. The van der Waals surface area contributed by atoms with E-state index in [-0.39, 0.29) is 5.82 Å². The Morgan fingerprint density at radius 2 is 1.68 bits per heavy atom. The summed E-state index contributed by atoms with van der Waals surface area (Å²) in [6.45, 7) is 1.54. The summed E-state index contributed by atoms with van der Waals surface area (Å²) in [4.78, 5) is 2.19. The van der Waals surface area contributed by atoms with Crippen LogP contribution in [0.3, 0.4) is 0 Å². The number of rotatable bonds is 5. The molecule has 7 heteroatoms. The van der Waals surface area contributed by atoms with E-state index in [0.717, 1.165) is 26.4 Å². The van der Waals surface area contributed by atoms with Crippen LogP contribution in [0.25, 0.3) is 10.4 Å². The van der Waals surface area contributed by atoms with E-state index in [9.17, 15) is 24.8 Å². The molecule has 0 radical (unpaired) electrons. The first-order valence-corrected chi connectivity index (χ1v) is 10.9. The van der Waals surface area contributed by atoms with Gasteiger partial charge in [-0.25, -0.2) is 4.39 Å². The Bertz CT molecular complexity index is 1030. The fraction of sp³-hybridized carbons (Fsp3) is 0.333. The van der Waals surface area contributed by atoms with E-state index < -0.39 is 37.1 Å². The highest BCUT2D eigenvalue weighted by molar-refractivity contribution is 7.15. The van der Waals surface area contributed by atoms with Crippen LogP contribution in [0.15, 0.2) is 54.6 Å². The van der Waals surface area contributed by atoms with Crippen molar-refractivity contribution in [2.24, 2.45) is 0 Å². The number of thiophene rings is 1. The third-order valence-corrected chi connectivity index (χ3v) is 6.88. The van der Waals surface area contributed by atoms with Gasteiger partial charge in [-0.1, -0.05) is 30.3 Å². The molecule has 1 saturated heterocycles. The monoisotopic (exact) mass is 444 g/mol. The summed E-state index contributed by atoms with van der Waals surface area (Å²) in [6, 6.07) is 16.2. The molecule has 4 N–H and O–H groups in total. The van der Waals surface area contributed by atoms with E-state index in [2.05, 4.69) is 0 Å². The van der Waals surface area contributed by atoms with Gasteiger partial charge in [0.25, 0.3) is 0 Å². The lowest BCUT2D eigenvalue weighted by atomic mass is 9.89. The van der Waals surface area contributed by atoms with Crippen molar-refractivity contribution in [3.63, 3.8) is 0 Å². The zero-order chi connectivity index (χ0) is 22.1. The highest BCUT2D eigenvalue weighted by atomic mass is 32.1. The fourth-order valence-electron chi connectivity index (χ4n) is 3.87. The van der Waals surface area contributed by atoms with Gasteiger partial charge in [-0.05, 0) is 53.4 Å². The number of hydrogen-bond donors (Lipinski definition) is 4. The zero-order valence-electron chi connectivity index (χ0n) is 17.0. The Balaban J connectivity index is 1.57. The van der Waals surface area contributed by atoms with E-state index in [1.165, 1.54) is 12.1 Å². The molecule has 5 nitrogen and oxygen atoms in total. The Labute approximate surface area is 184 Å². The molecule has 0 amide bonds. The van der Waals surface area contributed by atoms with Crippen molar-refractivity contribution in [2.75, 3.05) is 6.61 Å². The van der Waals surface area contributed by atoms with Crippen LogP contribution < -0.4 is 0 Å². The van der Waals surface area contributed by atoms with Crippen LogP contribution in [0.4, 0.5) is 4.39 Å². The van der Waals surface area contributed by atoms with Crippen molar-refractivity contribution >= 4 is 11.3 Å². The van der Waals surface area contributed by atoms with E-state index in [0.29, 0.717) is 12.0 Å². The summed E-state index contributed by atoms with van der Waals surface area (Å²) in [6.07, 6.45) is -5.21. The Hall–Kier alpha value is -2.13. The van der Waals surface area contributed by atoms with Gasteiger partial charge in [0, 0.05) is 16.2 Å². The molecule has 1 fully saturated rings. The lowest BCUT2D eigenvalue weighted by molar-refractivity contribution is -0.231. The van der Waals surface area contributed by atoms with Gasteiger partial charge in [-0.3, -0.25) is 0 Å². The zero-order valence-corrected chi connectivity index (χ0v) is 17.8. The van der Waals surface area contributed by atoms with Gasteiger partial charge < -0.3 is 25.2 Å². The van der Waals surface area contributed by atoms with Crippen LogP contribution in [0.5, 0.6) is 0 Å². The topological polar surface area (TPSA) is 90.2 Å². The molecular weight excluding hydrogens is 419 g/mol. The molecule has 2 aromatic carbocycles. The second kappa shape index (κ2) is 9.16. The molecule has 0 saturated carbocycles. The smallest absolute Gasteiger partial charge is 0.123 e. The Morgan fingerprint density at radius 3 is 2.39 bits per heavy atom. The normalized spacial score (nSPS) is 26.2. The summed E-state index contributed by atoms with van der Waals surface area (Å²) in [5.41, 5.74) is 3.75. The third kappa shape index (κ3) is 4.57. The number of aryl methyl sites for hydroxylation is 1. The van der Waals surface area contributed by atoms with Crippen LogP contribution >= 0.6 is 11.3 Å². The maximum Gasteiger partial charge on any atom is 0.123 e. The van der Waals surface area contributed by atoms with Crippen LogP contribution in [-0.4, -0.2) is 51.4 Å². The summed E-state index contributed by atoms with van der Waals surface area (Å²) >= 11 is 1.63. The number of benzene rings is 2. The Kier molecular flexibility index (Phi) is 6.52. The number of aliphatic hydroxyl groups excluding tert-OH is 4. The quantitative estimate of drug-likeness (QED) is 0.486. The molecule has 164 valence electrons. The van der Waals surface area contributed by atoms with Crippen LogP contribution in [0, 0.1) is 12.7 Å². The average molecular weight is 445 g/mol. The molecule has 3 aromatic rings. The molecule has 1 unspecified atom stereocenters. The highest BCUT2D eigenvalue weighted by Crippen LogP contribution is 2.35. The molecule has 31 heavy (non-hydrogen) atoms. The van der Waals surface area contributed by atoms with Crippen molar-refractivity contribution in [1.82, 2.24) is 0 Å².